The Morgan fingerprint density at radius 2 is 1.76 bits per heavy atom. The van der Waals surface area contributed by atoms with Gasteiger partial charge in [0, 0.05) is 18.8 Å². The van der Waals surface area contributed by atoms with Crippen LogP contribution in [-0.2, 0) is 19.6 Å². The number of amides is 2. The SMILES string of the molecule is O=C(CNC(=O)C1CCCN(S(=O)(=O)c2ccccc2)C1)Nc1ccc(O)cc1. The molecule has 0 saturated carbocycles. The van der Waals surface area contributed by atoms with E-state index in [1.807, 2.05) is 0 Å². The molecule has 154 valence electrons. The minimum atomic E-state index is -3.65. The molecular weight excluding hydrogens is 394 g/mol. The molecule has 0 aromatic heterocycles. The van der Waals surface area contributed by atoms with Crippen molar-refractivity contribution in [3.8, 4) is 5.75 Å². The van der Waals surface area contributed by atoms with Crippen molar-refractivity contribution >= 4 is 27.5 Å². The summed E-state index contributed by atoms with van der Waals surface area (Å²) in [5.41, 5.74) is 0.500. The number of anilines is 1. The fourth-order valence-electron chi connectivity index (χ4n) is 3.18. The summed E-state index contributed by atoms with van der Waals surface area (Å²) in [6.45, 7) is 0.229. The van der Waals surface area contributed by atoms with Crippen molar-refractivity contribution < 1.29 is 23.1 Å². The molecule has 29 heavy (non-hydrogen) atoms. The third-order valence-corrected chi connectivity index (χ3v) is 6.59. The molecule has 3 N–H and O–H groups in total. The van der Waals surface area contributed by atoms with Crippen LogP contribution in [-0.4, -0.2) is 49.3 Å². The molecule has 2 amide bonds. The summed E-state index contributed by atoms with van der Waals surface area (Å²) in [7, 11) is -3.65. The topological polar surface area (TPSA) is 116 Å². The summed E-state index contributed by atoms with van der Waals surface area (Å²) in [6, 6.07) is 14.1. The van der Waals surface area contributed by atoms with Crippen LogP contribution in [0.2, 0.25) is 0 Å². The zero-order chi connectivity index (χ0) is 20.9. The maximum atomic E-state index is 12.8. The predicted octanol–water partition coefficient (Wildman–Crippen LogP) is 1.55. The number of aromatic hydroxyl groups is 1. The largest absolute Gasteiger partial charge is 0.508 e. The minimum Gasteiger partial charge on any atom is -0.508 e. The summed E-state index contributed by atoms with van der Waals surface area (Å²) < 4.78 is 26.8. The van der Waals surface area contributed by atoms with E-state index in [1.54, 1.807) is 30.3 Å². The lowest BCUT2D eigenvalue weighted by Gasteiger charge is -2.31. The molecule has 3 rings (SSSR count). The van der Waals surface area contributed by atoms with Crippen molar-refractivity contribution in [3.05, 3.63) is 54.6 Å². The summed E-state index contributed by atoms with van der Waals surface area (Å²) in [4.78, 5) is 24.7. The predicted molar refractivity (Wildman–Crippen MR) is 108 cm³/mol. The van der Waals surface area contributed by atoms with Gasteiger partial charge in [0.15, 0.2) is 0 Å². The van der Waals surface area contributed by atoms with Crippen LogP contribution >= 0.6 is 0 Å². The Labute approximate surface area is 169 Å². The van der Waals surface area contributed by atoms with Crippen molar-refractivity contribution in [2.45, 2.75) is 17.7 Å². The number of rotatable bonds is 6. The van der Waals surface area contributed by atoms with Crippen LogP contribution in [0.15, 0.2) is 59.5 Å². The number of sulfonamides is 1. The second-order valence-electron chi connectivity index (χ2n) is 6.83. The molecule has 2 aromatic rings. The normalized spacial score (nSPS) is 17.4. The van der Waals surface area contributed by atoms with Gasteiger partial charge >= 0.3 is 0 Å². The number of carbonyl (C=O) groups excluding carboxylic acids is 2. The number of nitrogens with one attached hydrogen (secondary N) is 2. The van der Waals surface area contributed by atoms with Gasteiger partial charge in [-0.2, -0.15) is 4.31 Å². The average Bonchev–Trinajstić information content (AvgIpc) is 2.74. The smallest absolute Gasteiger partial charge is 0.243 e. The summed E-state index contributed by atoms with van der Waals surface area (Å²) >= 11 is 0. The molecule has 1 atom stereocenters. The van der Waals surface area contributed by atoms with Crippen molar-refractivity contribution in [3.63, 3.8) is 0 Å². The molecule has 2 aromatic carbocycles. The van der Waals surface area contributed by atoms with Crippen LogP contribution in [0.25, 0.3) is 0 Å². The summed E-state index contributed by atoms with van der Waals surface area (Å²) in [6.07, 6.45) is 1.13. The van der Waals surface area contributed by atoms with E-state index in [9.17, 15) is 23.1 Å². The van der Waals surface area contributed by atoms with E-state index < -0.39 is 21.8 Å². The Bertz CT molecular complexity index is 961. The molecular formula is C20H23N3O5S. The summed E-state index contributed by atoms with van der Waals surface area (Å²) in [5.74, 6) is -1.18. The lowest BCUT2D eigenvalue weighted by Crippen LogP contribution is -2.46. The second kappa shape index (κ2) is 9.06. The molecule has 8 nitrogen and oxygen atoms in total. The molecule has 1 heterocycles. The zero-order valence-electron chi connectivity index (χ0n) is 15.7. The highest BCUT2D eigenvalue weighted by Crippen LogP contribution is 2.23. The Balaban J connectivity index is 1.54. The third-order valence-electron chi connectivity index (χ3n) is 4.71. The lowest BCUT2D eigenvalue weighted by molar-refractivity contribution is -0.128. The highest BCUT2D eigenvalue weighted by Gasteiger charge is 2.33. The van der Waals surface area contributed by atoms with Crippen LogP contribution < -0.4 is 10.6 Å². The first kappa shape index (κ1) is 20.8. The number of piperidine rings is 1. The number of nitrogens with zero attached hydrogens (tertiary/aromatic N) is 1. The van der Waals surface area contributed by atoms with Gasteiger partial charge in [0.25, 0.3) is 0 Å². The van der Waals surface area contributed by atoms with E-state index in [-0.39, 0.29) is 29.6 Å². The maximum absolute atomic E-state index is 12.8. The molecule has 1 fully saturated rings. The number of phenols is 1. The molecule has 1 aliphatic heterocycles. The molecule has 0 spiro atoms. The minimum absolute atomic E-state index is 0.0860. The van der Waals surface area contributed by atoms with E-state index in [4.69, 9.17) is 0 Å². The molecule has 0 aliphatic carbocycles. The first-order valence-electron chi connectivity index (χ1n) is 9.28. The van der Waals surface area contributed by atoms with Crippen molar-refractivity contribution in [1.29, 1.82) is 0 Å². The van der Waals surface area contributed by atoms with E-state index >= 15 is 0 Å². The van der Waals surface area contributed by atoms with Gasteiger partial charge in [-0.05, 0) is 49.2 Å². The number of hydrogen-bond acceptors (Lipinski definition) is 5. The molecule has 0 radical (unpaired) electrons. The quantitative estimate of drug-likeness (QED) is 0.617. The Morgan fingerprint density at radius 1 is 1.07 bits per heavy atom. The van der Waals surface area contributed by atoms with Crippen LogP contribution in [0.5, 0.6) is 5.75 Å². The van der Waals surface area contributed by atoms with E-state index in [2.05, 4.69) is 10.6 Å². The van der Waals surface area contributed by atoms with Gasteiger partial charge in [0.05, 0.1) is 17.4 Å². The first-order valence-corrected chi connectivity index (χ1v) is 10.7. The van der Waals surface area contributed by atoms with Crippen LogP contribution in [0.3, 0.4) is 0 Å². The Hall–Kier alpha value is -2.91. The fraction of sp³-hybridized carbons (Fsp3) is 0.300. The molecule has 1 saturated heterocycles. The van der Waals surface area contributed by atoms with Gasteiger partial charge in [0.2, 0.25) is 21.8 Å². The highest BCUT2D eigenvalue weighted by molar-refractivity contribution is 7.89. The Kier molecular flexibility index (Phi) is 6.50. The maximum Gasteiger partial charge on any atom is 0.243 e. The standard InChI is InChI=1S/C20H23N3O5S/c24-17-10-8-16(9-11-17)22-19(25)13-21-20(26)15-5-4-12-23(14-15)29(27,28)18-6-2-1-3-7-18/h1-3,6-11,15,24H,4-5,12-14H2,(H,21,26)(H,22,25). The van der Waals surface area contributed by atoms with Gasteiger partial charge in [-0.25, -0.2) is 8.42 Å². The molecule has 9 heteroatoms. The number of benzene rings is 2. The van der Waals surface area contributed by atoms with Gasteiger partial charge in [-0.15, -0.1) is 0 Å². The van der Waals surface area contributed by atoms with Gasteiger partial charge in [-0.3, -0.25) is 9.59 Å². The number of phenolic OH excluding ortho intramolecular Hbond substituents is 1. The Morgan fingerprint density at radius 3 is 2.45 bits per heavy atom. The van der Waals surface area contributed by atoms with Gasteiger partial charge < -0.3 is 15.7 Å². The molecule has 0 bridgehead atoms. The van der Waals surface area contributed by atoms with Crippen molar-refractivity contribution in [2.75, 3.05) is 25.0 Å². The van der Waals surface area contributed by atoms with Crippen molar-refractivity contribution in [1.82, 2.24) is 9.62 Å². The first-order chi connectivity index (χ1) is 13.9. The van der Waals surface area contributed by atoms with Crippen LogP contribution in [0, 0.1) is 5.92 Å². The average molecular weight is 417 g/mol. The second-order valence-corrected chi connectivity index (χ2v) is 8.77. The third kappa shape index (κ3) is 5.33. The fourth-order valence-corrected chi connectivity index (χ4v) is 4.72. The summed E-state index contributed by atoms with van der Waals surface area (Å²) in [5, 5.41) is 14.4. The number of hydrogen-bond donors (Lipinski definition) is 3. The lowest BCUT2D eigenvalue weighted by atomic mass is 9.99. The molecule has 1 unspecified atom stereocenters. The van der Waals surface area contributed by atoms with Gasteiger partial charge in [0.1, 0.15) is 5.75 Å². The van der Waals surface area contributed by atoms with E-state index in [0.29, 0.717) is 25.1 Å². The number of carbonyl (C=O) groups is 2. The zero-order valence-corrected chi connectivity index (χ0v) is 16.6. The monoisotopic (exact) mass is 417 g/mol. The van der Waals surface area contributed by atoms with E-state index in [1.165, 1.54) is 28.6 Å². The van der Waals surface area contributed by atoms with E-state index in [0.717, 1.165) is 0 Å². The van der Waals surface area contributed by atoms with Crippen LogP contribution in [0.4, 0.5) is 5.69 Å². The highest BCUT2D eigenvalue weighted by atomic mass is 32.2. The van der Waals surface area contributed by atoms with Crippen molar-refractivity contribution in [2.24, 2.45) is 5.92 Å². The van der Waals surface area contributed by atoms with Crippen LogP contribution in [0.1, 0.15) is 12.8 Å². The van der Waals surface area contributed by atoms with Gasteiger partial charge in [-0.1, -0.05) is 18.2 Å². The molecule has 1 aliphatic rings.